The summed E-state index contributed by atoms with van der Waals surface area (Å²) in [5.74, 6) is 1.09. The van der Waals surface area contributed by atoms with E-state index < -0.39 is 21.3 Å². The van der Waals surface area contributed by atoms with Gasteiger partial charge in [-0.2, -0.15) is 5.10 Å². The molecular weight excluding hydrogens is 340 g/mol. The van der Waals surface area contributed by atoms with Crippen molar-refractivity contribution < 1.29 is 13.2 Å². The Morgan fingerprint density at radius 1 is 1.20 bits per heavy atom. The molecular formula is C17H22N4O3S. The van der Waals surface area contributed by atoms with Gasteiger partial charge in [-0.3, -0.25) is 4.79 Å². The highest BCUT2D eigenvalue weighted by Gasteiger charge is 2.61. The van der Waals surface area contributed by atoms with Crippen molar-refractivity contribution in [3.05, 3.63) is 24.1 Å². The molecule has 0 saturated heterocycles. The van der Waals surface area contributed by atoms with Gasteiger partial charge in [-0.25, -0.2) is 18.1 Å². The quantitative estimate of drug-likeness (QED) is 0.866. The van der Waals surface area contributed by atoms with E-state index in [1.807, 2.05) is 4.68 Å². The van der Waals surface area contributed by atoms with E-state index in [9.17, 15) is 13.2 Å². The number of nitrogens with zero attached hydrogens (tertiary/aromatic N) is 3. The van der Waals surface area contributed by atoms with E-state index in [0.29, 0.717) is 11.8 Å². The number of aromatic nitrogens is 3. The van der Waals surface area contributed by atoms with Crippen LogP contribution >= 0.6 is 0 Å². The van der Waals surface area contributed by atoms with Gasteiger partial charge in [-0.1, -0.05) is 0 Å². The van der Waals surface area contributed by atoms with E-state index in [0.717, 1.165) is 32.1 Å². The summed E-state index contributed by atoms with van der Waals surface area (Å²) in [6.07, 6.45) is 10.9. The molecule has 4 aliphatic carbocycles. The fraction of sp³-hybridized carbons (Fsp3) is 0.706. The zero-order valence-electron chi connectivity index (χ0n) is 14.0. The zero-order chi connectivity index (χ0) is 17.3. The lowest BCUT2D eigenvalue weighted by Crippen LogP contribution is -2.61. The normalized spacial score (nSPS) is 43.4. The fourth-order valence-corrected chi connectivity index (χ4v) is 7.42. The topological polar surface area (TPSA) is 94.0 Å². The maximum atomic E-state index is 13.2. The molecule has 0 unspecified atom stereocenters. The molecule has 6 rings (SSSR count). The van der Waals surface area contributed by atoms with Gasteiger partial charge in [0.2, 0.25) is 5.91 Å². The summed E-state index contributed by atoms with van der Waals surface area (Å²) in [4.78, 5) is 17.3. The second-order valence-electron chi connectivity index (χ2n) is 8.54. The molecule has 4 saturated carbocycles. The Hall–Kier alpha value is -1.70. The highest BCUT2D eigenvalue weighted by molar-refractivity contribution is 7.94. The Kier molecular flexibility index (Phi) is 3.07. The fourth-order valence-electron chi connectivity index (χ4n) is 6.19. The van der Waals surface area contributed by atoms with Crippen molar-refractivity contribution in [1.82, 2.24) is 20.1 Å². The van der Waals surface area contributed by atoms with Crippen LogP contribution in [0.4, 0.5) is 0 Å². The summed E-state index contributed by atoms with van der Waals surface area (Å²) in [5.41, 5.74) is -0.494. The molecule has 134 valence electrons. The second kappa shape index (κ2) is 4.93. The van der Waals surface area contributed by atoms with E-state index >= 15 is 0 Å². The van der Waals surface area contributed by atoms with Gasteiger partial charge in [-0.05, 0) is 56.4 Å². The lowest BCUT2D eigenvalue weighted by Gasteiger charge is -2.61. The maximum absolute atomic E-state index is 13.2. The van der Waals surface area contributed by atoms with Crippen molar-refractivity contribution in [2.45, 2.75) is 50.1 Å². The average Bonchev–Trinajstić information content (AvgIpc) is 3.16. The second-order valence-corrected chi connectivity index (χ2v) is 10.5. The lowest BCUT2D eigenvalue weighted by atomic mass is 9.46. The van der Waals surface area contributed by atoms with Crippen LogP contribution in [0.1, 0.15) is 38.5 Å². The summed E-state index contributed by atoms with van der Waals surface area (Å²) in [7, 11) is -3.16. The molecule has 3 atom stereocenters. The maximum Gasteiger partial charge on any atom is 0.226 e. The van der Waals surface area contributed by atoms with Crippen LogP contribution in [0.5, 0.6) is 0 Å². The minimum absolute atomic E-state index is 0.0180. The Balaban J connectivity index is 1.43. The van der Waals surface area contributed by atoms with E-state index in [1.54, 1.807) is 18.7 Å². The molecule has 7 nitrogen and oxygen atoms in total. The van der Waals surface area contributed by atoms with Crippen molar-refractivity contribution >= 4 is 15.7 Å². The summed E-state index contributed by atoms with van der Waals surface area (Å²) in [6.45, 7) is 0. The Bertz CT molecular complexity index is 831. The lowest BCUT2D eigenvalue weighted by molar-refractivity contribution is -0.156. The largest absolute Gasteiger partial charge is 0.348 e. The first-order valence-corrected chi connectivity index (χ1v) is 10.7. The van der Waals surface area contributed by atoms with Crippen molar-refractivity contribution in [1.29, 1.82) is 0 Å². The molecule has 1 amide bonds. The SMILES string of the molecule is O=C(N[C@H]1C=CS(=O)(=O)C1)C12C[C@@H]3C[C@@H](C1)CC(n1cncn1)(C3)C2. The van der Waals surface area contributed by atoms with Crippen LogP contribution < -0.4 is 5.32 Å². The molecule has 4 bridgehead atoms. The monoisotopic (exact) mass is 362 g/mol. The first-order chi connectivity index (χ1) is 11.9. The summed E-state index contributed by atoms with van der Waals surface area (Å²) in [5, 5.41) is 8.62. The number of nitrogens with one attached hydrogen (secondary N) is 1. The first-order valence-electron chi connectivity index (χ1n) is 8.95. The van der Waals surface area contributed by atoms with Crippen molar-refractivity contribution in [3.63, 3.8) is 0 Å². The molecule has 2 heterocycles. The van der Waals surface area contributed by atoms with Gasteiger partial charge >= 0.3 is 0 Å². The van der Waals surface area contributed by atoms with Crippen molar-refractivity contribution in [2.24, 2.45) is 17.3 Å². The highest BCUT2D eigenvalue weighted by Crippen LogP contribution is 2.64. The van der Waals surface area contributed by atoms with Gasteiger partial charge in [0.15, 0.2) is 9.84 Å². The standard InChI is InChI=1S/C17H22N4O3S/c22-15(20-14-1-2-25(23,24)8-14)16-4-12-3-13(5-16)7-17(6-12,9-16)21-11-18-10-19-21/h1-2,10-14H,3-9H2,(H,20,22)/t12-,13-,14-,16?,17?/m0/s1. The van der Waals surface area contributed by atoms with Crippen LogP contribution in [0, 0.1) is 17.3 Å². The van der Waals surface area contributed by atoms with E-state index in [4.69, 9.17) is 0 Å². The summed E-state index contributed by atoms with van der Waals surface area (Å²) >= 11 is 0. The molecule has 0 radical (unpaired) electrons. The van der Waals surface area contributed by atoms with Crippen LogP contribution in [0.3, 0.4) is 0 Å². The molecule has 8 heteroatoms. The molecule has 5 aliphatic rings. The van der Waals surface area contributed by atoms with Crippen LogP contribution in [0.2, 0.25) is 0 Å². The molecule has 4 fully saturated rings. The number of hydrogen-bond donors (Lipinski definition) is 1. The molecule has 1 aromatic heterocycles. The van der Waals surface area contributed by atoms with Crippen LogP contribution in [-0.2, 0) is 20.2 Å². The smallest absolute Gasteiger partial charge is 0.226 e. The minimum atomic E-state index is -3.16. The highest BCUT2D eigenvalue weighted by atomic mass is 32.2. The van der Waals surface area contributed by atoms with E-state index in [1.165, 1.54) is 11.8 Å². The Labute approximate surface area is 146 Å². The molecule has 0 spiro atoms. The average molecular weight is 362 g/mol. The third kappa shape index (κ3) is 2.37. The predicted octanol–water partition coefficient (Wildman–Crippen LogP) is 1.00. The van der Waals surface area contributed by atoms with Gasteiger partial charge < -0.3 is 5.32 Å². The molecule has 1 aliphatic heterocycles. The number of sulfone groups is 1. The number of hydrogen-bond acceptors (Lipinski definition) is 5. The predicted molar refractivity (Wildman–Crippen MR) is 90.0 cm³/mol. The molecule has 0 aromatic carbocycles. The molecule has 25 heavy (non-hydrogen) atoms. The third-order valence-electron chi connectivity index (χ3n) is 6.66. The van der Waals surface area contributed by atoms with E-state index in [-0.39, 0.29) is 17.2 Å². The minimum Gasteiger partial charge on any atom is -0.348 e. The van der Waals surface area contributed by atoms with Crippen molar-refractivity contribution in [3.8, 4) is 0 Å². The van der Waals surface area contributed by atoms with Gasteiger partial charge in [0.05, 0.1) is 22.7 Å². The number of rotatable bonds is 3. The summed E-state index contributed by atoms with van der Waals surface area (Å²) < 4.78 is 25.2. The number of carbonyl (C=O) groups excluding carboxylic acids is 1. The van der Waals surface area contributed by atoms with Gasteiger partial charge in [0.25, 0.3) is 0 Å². The van der Waals surface area contributed by atoms with Gasteiger partial charge in [0.1, 0.15) is 12.7 Å². The van der Waals surface area contributed by atoms with Gasteiger partial charge in [-0.15, -0.1) is 0 Å². The third-order valence-corrected chi connectivity index (χ3v) is 8.06. The van der Waals surface area contributed by atoms with E-state index in [2.05, 4.69) is 15.4 Å². The van der Waals surface area contributed by atoms with Crippen LogP contribution in [0.15, 0.2) is 24.1 Å². The summed E-state index contributed by atoms with van der Waals surface area (Å²) in [6, 6.07) is -0.396. The number of amides is 1. The van der Waals surface area contributed by atoms with Crippen LogP contribution in [-0.4, -0.2) is 40.9 Å². The Morgan fingerprint density at radius 2 is 1.96 bits per heavy atom. The van der Waals surface area contributed by atoms with Crippen molar-refractivity contribution in [2.75, 3.05) is 5.75 Å². The van der Waals surface area contributed by atoms with Gasteiger partial charge in [0, 0.05) is 5.41 Å². The Morgan fingerprint density at radius 3 is 2.56 bits per heavy atom. The first kappa shape index (κ1) is 15.5. The number of carbonyl (C=O) groups is 1. The molecule has 1 N–H and O–H groups in total. The molecule has 1 aromatic rings. The van der Waals surface area contributed by atoms with Crippen LogP contribution in [0.25, 0.3) is 0 Å². The zero-order valence-corrected chi connectivity index (χ0v) is 14.8.